The average Bonchev–Trinajstić information content (AvgIpc) is 2.98. The van der Waals surface area contributed by atoms with Crippen LogP contribution < -0.4 is 20.9 Å². The van der Waals surface area contributed by atoms with Crippen LogP contribution in [0.25, 0.3) is 0 Å². The van der Waals surface area contributed by atoms with Crippen molar-refractivity contribution < 1.29 is 9.59 Å². The third-order valence-electron chi connectivity index (χ3n) is 7.94. The largest absolute Gasteiger partial charge is 0.382 e. The quantitative estimate of drug-likeness (QED) is 0.492. The third kappa shape index (κ3) is 5.57. The fraction of sp³-hybridized carbons (Fsp3) is 0.355. The molecule has 2 aliphatic heterocycles. The number of piperazine rings is 1. The van der Waals surface area contributed by atoms with E-state index < -0.39 is 5.91 Å². The van der Waals surface area contributed by atoms with Crippen LogP contribution in [0.2, 0.25) is 0 Å². The molecule has 2 saturated heterocycles. The number of hydrogen-bond donors (Lipinski definition) is 2. The average molecular weight is 538 g/mol. The summed E-state index contributed by atoms with van der Waals surface area (Å²) in [4.78, 5) is 36.0. The summed E-state index contributed by atoms with van der Waals surface area (Å²) in [6.07, 6.45) is 3.54. The summed E-state index contributed by atoms with van der Waals surface area (Å²) in [7, 11) is 0. The van der Waals surface area contributed by atoms with Gasteiger partial charge in [-0.25, -0.2) is 4.98 Å². The minimum atomic E-state index is -0.505. The molecule has 2 aliphatic rings. The van der Waals surface area contributed by atoms with Crippen molar-refractivity contribution in [3.8, 4) is 6.07 Å². The normalized spacial score (nSPS) is 16.0. The number of primary amides is 1. The molecule has 3 N–H and O–H groups in total. The molecule has 0 radical (unpaired) electrons. The summed E-state index contributed by atoms with van der Waals surface area (Å²) in [6.45, 7) is 8.01. The van der Waals surface area contributed by atoms with E-state index in [4.69, 9.17) is 5.73 Å². The molecule has 3 aromatic rings. The van der Waals surface area contributed by atoms with Crippen molar-refractivity contribution in [3.63, 3.8) is 0 Å². The number of carbonyl (C=O) groups is 2. The zero-order chi connectivity index (χ0) is 28.2. The van der Waals surface area contributed by atoms with Crippen LogP contribution in [0.3, 0.4) is 0 Å². The van der Waals surface area contributed by atoms with Crippen LogP contribution in [0.15, 0.2) is 54.7 Å². The van der Waals surface area contributed by atoms with Gasteiger partial charge in [-0.2, -0.15) is 5.26 Å². The number of rotatable bonds is 6. The fourth-order valence-corrected chi connectivity index (χ4v) is 5.70. The zero-order valence-corrected chi connectivity index (χ0v) is 23.1. The predicted molar refractivity (Wildman–Crippen MR) is 157 cm³/mol. The van der Waals surface area contributed by atoms with Gasteiger partial charge in [0.15, 0.2) is 0 Å². The number of hydrogen-bond acceptors (Lipinski definition) is 7. The highest BCUT2D eigenvalue weighted by Gasteiger charge is 2.27. The standard InChI is InChI=1S/C31H35N7O2/c1-21-18-22(2)27(35-24-9-12-36(13-10-24)28-8-4-3-6-23(28)20-32)19-26(21)31(40)38-16-14-37(15-17-38)30-25(29(33)39)7-5-11-34-30/h3-8,11,18-19,24,35H,9-10,12-17H2,1-2H3,(H2,33,39). The molecule has 5 rings (SSSR count). The van der Waals surface area contributed by atoms with Crippen LogP contribution in [-0.4, -0.2) is 67.0 Å². The summed E-state index contributed by atoms with van der Waals surface area (Å²) >= 11 is 0. The van der Waals surface area contributed by atoms with E-state index in [1.165, 1.54) is 0 Å². The molecule has 0 unspecified atom stereocenters. The molecule has 2 fully saturated rings. The number of para-hydroxylation sites is 1. The van der Waals surface area contributed by atoms with Crippen LogP contribution in [0.5, 0.6) is 0 Å². The van der Waals surface area contributed by atoms with Gasteiger partial charge in [-0.05, 0) is 68.1 Å². The Morgan fingerprint density at radius 3 is 2.35 bits per heavy atom. The Bertz CT molecular complexity index is 1450. The molecule has 40 heavy (non-hydrogen) atoms. The Balaban J connectivity index is 1.23. The van der Waals surface area contributed by atoms with Gasteiger partial charge in [-0.3, -0.25) is 9.59 Å². The lowest BCUT2D eigenvalue weighted by Crippen LogP contribution is -2.49. The topological polar surface area (TPSA) is 119 Å². The lowest BCUT2D eigenvalue weighted by atomic mass is 9.99. The fourth-order valence-electron chi connectivity index (χ4n) is 5.70. The Kier molecular flexibility index (Phi) is 7.87. The molecule has 9 heteroatoms. The van der Waals surface area contributed by atoms with Gasteiger partial charge in [0.2, 0.25) is 0 Å². The number of pyridine rings is 1. The Morgan fingerprint density at radius 1 is 0.925 bits per heavy atom. The summed E-state index contributed by atoms with van der Waals surface area (Å²) in [5, 5.41) is 13.2. The number of nitrogens with two attached hydrogens (primary N) is 1. The Labute approximate surface area is 235 Å². The molecule has 2 amide bonds. The molecule has 0 spiro atoms. The third-order valence-corrected chi connectivity index (χ3v) is 7.94. The number of anilines is 3. The van der Waals surface area contributed by atoms with Gasteiger partial charge in [-0.1, -0.05) is 18.2 Å². The summed E-state index contributed by atoms with van der Waals surface area (Å²) in [5.74, 6) is 0.0797. The molecule has 9 nitrogen and oxygen atoms in total. The lowest BCUT2D eigenvalue weighted by molar-refractivity contribution is 0.0745. The first-order valence-corrected chi connectivity index (χ1v) is 13.8. The lowest BCUT2D eigenvalue weighted by Gasteiger charge is -2.36. The highest BCUT2D eigenvalue weighted by molar-refractivity contribution is 5.98. The highest BCUT2D eigenvalue weighted by atomic mass is 16.2. The molecular weight excluding hydrogens is 502 g/mol. The second-order valence-corrected chi connectivity index (χ2v) is 10.5. The molecule has 206 valence electrons. The second-order valence-electron chi connectivity index (χ2n) is 10.5. The van der Waals surface area contributed by atoms with Gasteiger partial charge >= 0.3 is 0 Å². The predicted octanol–water partition coefficient (Wildman–Crippen LogP) is 3.71. The van der Waals surface area contributed by atoms with Crippen molar-refractivity contribution in [1.29, 1.82) is 5.26 Å². The van der Waals surface area contributed by atoms with Crippen LogP contribution >= 0.6 is 0 Å². The molecule has 0 aliphatic carbocycles. The first-order valence-electron chi connectivity index (χ1n) is 13.8. The van der Waals surface area contributed by atoms with Crippen molar-refractivity contribution in [3.05, 3.63) is 82.5 Å². The minimum Gasteiger partial charge on any atom is -0.382 e. The number of aryl methyl sites for hydroxylation is 2. The molecule has 2 aromatic carbocycles. The summed E-state index contributed by atoms with van der Waals surface area (Å²) < 4.78 is 0. The van der Waals surface area contributed by atoms with E-state index in [-0.39, 0.29) is 11.9 Å². The van der Waals surface area contributed by atoms with E-state index in [9.17, 15) is 14.9 Å². The molecule has 0 bridgehead atoms. The van der Waals surface area contributed by atoms with Crippen LogP contribution in [0, 0.1) is 25.2 Å². The van der Waals surface area contributed by atoms with Crippen molar-refractivity contribution in [1.82, 2.24) is 9.88 Å². The molecule has 0 saturated carbocycles. The first-order chi connectivity index (χ1) is 19.4. The molecular formula is C31H35N7O2. The van der Waals surface area contributed by atoms with Crippen molar-refractivity contribution >= 4 is 29.0 Å². The van der Waals surface area contributed by atoms with Gasteiger partial charge in [0.25, 0.3) is 11.8 Å². The Hall–Kier alpha value is -4.58. The van der Waals surface area contributed by atoms with Crippen LogP contribution in [0.1, 0.15) is 50.2 Å². The van der Waals surface area contributed by atoms with E-state index in [0.29, 0.717) is 48.7 Å². The maximum absolute atomic E-state index is 13.6. The number of benzene rings is 2. The maximum atomic E-state index is 13.6. The van der Waals surface area contributed by atoms with E-state index >= 15 is 0 Å². The maximum Gasteiger partial charge on any atom is 0.254 e. The number of nitrogens with zero attached hydrogens (tertiary/aromatic N) is 5. The van der Waals surface area contributed by atoms with Gasteiger partial charge in [0.05, 0.1) is 16.8 Å². The SMILES string of the molecule is Cc1cc(C)c(C(=O)N2CCN(c3ncccc3C(N)=O)CC2)cc1NC1CCN(c2ccccc2C#N)CC1. The number of amides is 2. The van der Waals surface area contributed by atoms with Crippen molar-refractivity contribution in [2.75, 3.05) is 54.4 Å². The monoisotopic (exact) mass is 537 g/mol. The zero-order valence-electron chi connectivity index (χ0n) is 23.1. The van der Waals surface area contributed by atoms with E-state index in [1.807, 2.05) is 47.1 Å². The van der Waals surface area contributed by atoms with E-state index in [2.05, 4.69) is 34.3 Å². The smallest absolute Gasteiger partial charge is 0.254 e. The number of carbonyl (C=O) groups excluding carboxylic acids is 2. The summed E-state index contributed by atoms with van der Waals surface area (Å²) in [6, 6.07) is 17.8. The first kappa shape index (κ1) is 27.0. The number of nitriles is 1. The number of aromatic nitrogens is 1. The molecule has 1 aromatic heterocycles. The van der Waals surface area contributed by atoms with Crippen molar-refractivity contribution in [2.45, 2.75) is 32.7 Å². The highest BCUT2D eigenvalue weighted by Crippen LogP contribution is 2.28. The summed E-state index contributed by atoms with van der Waals surface area (Å²) in [5.41, 5.74) is 11.4. The van der Waals surface area contributed by atoms with E-state index in [0.717, 1.165) is 48.4 Å². The van der Waals surface area contributed by atoms with Crippen LogP contribution in [0.4, 0.5) is 17.2 Å². The van der Waals surface area contributed by atoms with Crippen molar-refractivity contribution in [2.24, 2.45) is 5.73 Å². The van der Waals surface area contributed by atoms with Gasteiger partial charge in [0, 0.05) is 62.8 Å². The van der Waals surface area contributed by atoms with Gasteiger partial charge in [-0.15, -0.1) is 0 Å². The van der Waals surface area contributed by atoms with Gasteiger partial charge in [0.1, 0.15) is 11.9 Å². The van der Waals surface area contributed by atoms with Gasteiger partial charge < -0.3 is 25.8 Å². The van der Waals surface area contributed by atoms with E-state index in [1.54, 1.807) is 18.3 Å². The second kappa shape index (κ2) is 11.7. The molecule has 0 atom stereocenters. The van der Waals surface area contributed by atoms with Crippen LogP contribution in [-0.2, 0) is 0 Å². The number of nitrogens with one attached hydrogen (secondary N) is 1. The Morgan fingerprint density at radius 2 is 1.65 bits per heavy atom. The molecule has 3 heterocycles. The minimum absolute atomic E-state index is 0.0132. The number of piperidine rings is 1.